The van der Waals surface area contributed by atoms with E-state index in [1.807, 2.05) is 36.5 Å². The van der Waals surface area contributed by atoms with E-state index in [9.17, 15) is 0 Å². The average molecular weight is 338 g/mol. The zero-order valence-corrected chi connectivity index (χ0v) is 14.7. The number of pyridine rings is 1. The highest BCUT2D eigenvalue weighted by molar-refractivity contribution is 5.79. The van der Waals surface area contributed by atoms with Gasteiger partial charge in [0.25, 0.3) is 0 Å². The first kappa shape index (κ1) is 17.3. The number of guanidine groups is 1. The third kappa shape index (κ3) is 5.48. The number of nitrogens with zero attached hydrogens (tertiary/aromatic N) is 2. The van der Waals surface area contributed by atoms with Gasteiger partial charge >= 0.3 is 0 Å². The van der Waals surface area contributed by atoms with E-state index in [1.54, 1.807) is 7.05 Å². The Morgan fingerprint density at radius 3 is 2.52 bits per heavy atom. The molecule has 2 aromatic rings. The van der Waals surface area contributed by atoms with Crippen molar-refractivity contribution in [2.45, 2.75) is 44.9 Å². The van der Waals surface area contributed by atoms with Crippen LogP contribution < -0.4 is 15.4 Å². The van der Waals surface area contributed by atoms with Crippen LogP contribution in [0.2, 0.25) is 0 Å². The summed E-state index contributed by atoms with van der Waals surface area (Å²) in [5.74, 6) is 1.50. The molecule has 1 aromatic heterocycles. The van der Waals surface area contributed by atoms with Crippen molar-refractivity contribution < 1.29 is 4.74 Å². The lowest BCUT2D eigenvalue weighted by molar-refractivity contribution is 0.201. The van der Waals surface area contributed by atoms with Gasteiger partial charge in [-0.25, -0.2) is 4.98 Å². The largest absolute Gasteiger partial charge is 0.474 e. The van der Waals surface area contributed by atoms with Crippen molar-refractivity contribution in [2.75, 3.05) is 7.05 Å². The van der Waals surface area contributed by atoms with Gasteiger partial charge in [0.2, 0.25) is 5.88 Å². The van der Waals surface area contributed by atoms with Crippen LogP contribution in [-0.4, -0.2) is 24.1 Å². The standard InChI is InChI=1S/C20H26N4O/c1-21-20(23-14-16-7-3-2-4-8-16)24-15-17-11-12-22-19(13-17)25-18-9-5-6-10-18/h2-4,7-8,11-13,18H,5-6,9-10,14-15H2,1H3,(H2,21,23,24). The van der Waals surface area contributed by atoms with E-state index in [0.29, 0.717) is 12.6 Å². The van der Waals surface area contributed by atoms with E-state index >= 15 is 0 Å². The molecule has 2 N–H and O–H groups in total. The predicted molar refractivity (Wildman–Crippen MR) is 101 cm³/mol. The number of hydrogen-bond donors (Lipinski definition) is 2. The van der Waals surface area contributed by atoms with E-state index in [1.165, 1.54) is 18.4 Å². The summed E-state index contributed by atoms with van der Waals surface area (Å²) >= 11 is 0. The SMILES string of the molecule is CN=C(NCc1ccccc1)NCc1ccnc(OC2CCCC2)c1. The Bertz CT molecular complexity index is 681. The molecule has 1 aliphatic rings. The minimum Gasteiger partial charge on any atom is -0.474 e. The third-order valence-electron chi connectivity index (χ3n) is 4.38. The monoisotopic (exact) mass is 338 g/mol. The molecular weight excluding hydrogens is 312 g/mol. The summed E-state index contributed by atoms with van der Waals surface area (Å²) in [4.78, 5) is 8.60. The van der Waals surface area contributed by atoms with Gasteiger partial charge in [0.15, 0.2) is 5.96 Å². The number of aromatic nitrogens is 1. The second-order valence-corrected chi connectivity index (χ2v) is 6.29. The lowest BCUT2D eigenvalue weighted by Crippen LogP contribution is -2.36. The van der Waals surface area contributed by atoms with Gasteiger partial charge in [-0.15, -0.1) is 0 Å². The summed E-state index contributed by atoms with van der Waals surface area (Å²) < 4.78 is 5.97. The first-order valence-corrected chi connectivity index (χ1v) is 8.93. The molecule has 1 saturated carbocycles. The molecule has 0 saturated heterocycles. The third-order valence-corrected chi connectivity index (χ3v) is 4.38. The van der Waals surface area contributed by atoms with Crippen LogP contribution in [0.25, 0.3) is 0 Å². The maximum absolute atomic E-state index is 5.97. The van der Waals surface area contributed by atoms with E-state index in [-0.39, 0.29) is 0 Å². The molecule has 0 bridgehead atoms. The number of aliphatic imine (C=N–C) groups is 1. The maximum atomic E-state index is 5.97. The number of benzene rings is 1. The number of ether oxygens (including phenoxy) is 1. The molecule has 1 fully saturated rings. The highest BCUT2D eigenvalue weighted by Gasteiger charge is 2.17. The molecule has 0 unspecified atom stereocenters. The normalized spacial score (nSPS) is 15.2. The van der Waals surface area contributed by atoms with Crippen molar-refractivity contribution in [3.05, 3.63) is 59.8 Å². The summed E-state index contributed by atoms with van der Waals surface area (Å²) in [6.45, 7) is 1.42. The Hall–Kier alpha value is -2.56. The van der Waals surface area contributed by atoms with E-state index < -0.39 is 0 Å². The molecule has 5 heteroatoms. The van der Waals surface area contributed by atoms with E-state index in [2.05, 4.69) is 32.7 Å². The summed E-state index contributed by atoms with van der Waals surface area (Å²) in [5, 5.41) is 6.65. The Labute approximate surface area is 149 Å². The Balaban J connectivity index is 1.49. The van der Waals surface area contributed by atoms with Gasteiger partial charge in [-0.3, -0.25) is 4.99 Å². The maximum Gasteiger partial charge on any atom is 0.213 e. The molecule has 25 heavy (non-hydrogen) atoms. The van der Waals surface area contributed by atoms with E-state index in [4.69, 9.17) is 4.74 Å². The molecule has 0 aliphatic heterocycles. The molecule has 3 rings (SSSR count). The van der Waals surface area contributed by atoms with Gasteiger partial charge < -0.3 is 15.4 Å². The topological polar surface area (TPSA) is 58.5 Å². The van der Waals surface area contributed by atoms with E-state index in [0.717, 1.165) is 36.8 Å². The Kier molecular flexibility index (Phi) is 6.26. The highest BCUT2D eigenvalue weighted by Crippen LogP contribution is 2.23. The highest BCUT2D eigenvalue weighted by atomic mass is 16.5. The van der Waals surface area contributed by atoms with Crippen LogP contribution in [0.3, 0.4) is 0 Å². The quantitative estimate of drug-likeness (QED) is 0.627. The van der Waals surface area contributed by atoms with Crippen molar-refractivity contribution >= 4 is 5.96 Å². The first-order valence-electron chi connectivity index (χ1n) is 8.93. The smallest absolute Gasteiger partial charge is 0.213 e. The van der Waals surface area contributed by atoms with Gasteiger partial charge in [0.1, 0.15) is 6.10 Å². The molecule has 0 atom stereocenters. The molecule has 1 aromatic carbocycles. The Morgan fingerprint density at radius 1 is 1.08 bits per heavy atom. The second kappa shape index (κ2) is 9.06. The van der Waals surface area contributed by atoms with Crippen LogP contribution in [-0.2, 0) is 13.1 Å². The minimum absolute atomic E-state index is 0.330. The van der Waals surface area contributed by atoms with Crippen LogP contribution >= 0.6 is 0 Å². The molecule has 5 nitrogen and oxygen atoms in total. The van der Waals surface area contributed by atoms with Gasteiger partial charge in [0.05, 0.1) is 0 Å². The van der Waals surface area contributed by atoms with Crippen molar-refractivity contribution in [2.24, 2.45) is 4.99 Å². The van der Waals surface area contributed by atoms with Gasteiger partial charge in [-0.2, -0.15) is 0 Å². The fraction of sp³-hybridized carbons (Fsp3) is 0.400. The molecular formula is C20H26N4O. The van der Waals surface area contributed by atoms with Crippen LogP contribution in [0.4, 0.5) is 0 Å². The van der Waals surface area contributed by atoms with Crippen molar-refractivity contribution in [3.63, 3.8) is 0 Å². The predicted octanol–water partition coefficient (Wildman–Crippen LogP) is 3.27. The number of hydrogen-bond acceptors (Lipinski definition) is 3. The number of rotatable bonds is 6. The van der Waals surface area contributed by atoms with Crippen LogP contribution in [0.5, 0.6) is 5.88 Å². The molecule has 0 amide bonds. The first-order chi connectivity index (χ1) is 12.3. The molecule has 132 valence electrons. The molecule has 0 radical (unpaired) electrons. The van der Waals surface area contributed by atoms with Crippen LogP contribution in [0.1, 0.15) is 36.8 Å². The van der Waals surface area contributed by atoms with Crippen LogP contribution in [0.15, 0.2) is 53.7 Å². The van der Waals surface area contributed by atoms with Crippen molar-refractivity contribution in [3.8, 4) is 5.88 Å². The average Bonchev–Trinajstić information content (AvgIpc) is 3.16. The molecule has 1 heterocycles. The molecule has 0 spiro atoms. The fourth-order valence-electron chi connectivity index (χ4n) is 2.99. The second-order valence-electron chi connectivity index (χ2n) is 6.29. The van der Waals surface area contributed by atoms with Crippen molar-refractivity contribution in [1.82, 2.24) is 15.6 Å². The number of nitrogens with one attached hydrogen (secondary N) is 2. The van der Waals surface area contributed by atoms with Crippen LogP contribution in [0, 0.1) is 0 Å². The lowest BCUT2D eigenvalue weighted by atomic mass is 10.2. The minimum atomic E-state index is 0.330. The zero-order chi connectivity index (χ0) is 17.3. The summed E-state index contributed by atoms with van der Waals surface area (Å²) in [6.07, 6.45) is 6.93. The van der Waals surface area contributed by atoms with Gasteiger partial charge in [-0.1, -0.05) is 30.3 Å². The zero-order valence-electron chi connectivity index (χ0n) is 14.7. The van der Waals surface area contributed by atoms with Gasteiger partial charge in [-0.05, 0) is 42.9 Å². The summed E-state index contributed by atoms with van der Waals surface area (Å²) in [5.41, 5.74) is 2.35. The summed E-state index contributed by atoms with van der Waals surface area (Å²) in [7, 11) is 1.78. The van der Waals surface area contributed by atoms with Gasteiger partial charge in [0, 0.05) is 32.4 Å². The Morgan fingerprint density at radius 2 is 1.80 bits per heavy atom. The van der Waals surface area contributed by atoms with Crippen molar-refractivity contribution in [1.29, 1.82) is 0 Å². The molecule has 1 aliphatic carbocycles. The lowest BCUT2D eigenvalue weighted by Gasteiger charge is -2.14. The summed E-state index contributed by atoms with van der Waals surface area (Å²) in [6, 6.07) is 14.3. The fourth-order valence-corrected chi connectivity index (χ4v) is 2.99.